The molecule has 2 unspecified atom stereocenters. The van der Waals surface area contributed by atoms with Gasteiger partial charge in [-0.25, -0.2) is 9.97 Å². The van der Waals surface area contributed by atoms with Crippen LogP contribution >= 0.6 is 0 Å². The van der Waals surface area contributed by atoms with E-state index in [1.807, 2.05) is 0 Å². The van der Waals surface area contributed by atoms with Gasteiger partial charge in [0, 0.05) is 24.5 Å². The Labute approximate surface area is 169 Å². The van der Waals surface area contributed by atoms with Crippen molar-refractivity contribution in [1.82, 2.24) is 9.97 Å². The first-order chi connectivity index (χ1) is 13.4. The van der Waals surface area contributed by atoms with Crippen molar-refractivity contribution < 1.29 is 0 Å². The van der Waals surface area contributed by atoms with Crippen LogP contribution in [-0.4, -0.2) is 22.6 Å². The highest BCUT2D eigenvalue weighted by Crippen LogP contribution is 2.33. The minimum Gasteiger partial charge on any atom is -0.370 e. The second kappa shape index (κ2) is 7.73. The van der Waals surface area contributed by atoms with E-state index in [1.54, 1.807) is 0 Å². The summed E-state index contributed by atoms with van der Waals surface area (Å²) in [7, 11) is 0. The van der Waals surface area contributed by atoms with Gasteiger partial charge in [0.2, 0.25) is 0 Å². The molecule has 0 fully saturated rings. The van der Waals surface area contributed by atoms with Crippen LogP contribution in [0.2, 0.25) is 0 Å². The number of pyridine rings is 2. The minimum atomic E-state index is 0.441. The lowest BCUT2D eigenvalue weighted by Crippen LogP contribution is -2.36. The molecule has 2 N–H and O–H groups in total. The molecule has 2 aromatic rings. The van der Waals surface area contributed by atoms with Crippen molar-refractivity contribution in [3.63, 3.8) is 0 Å². The lowest BCUT2D eigenvalue weighted by molar-refractivity contribution is 0.334. The molecule has 0 amide bonds. The van der Waals surface area contributed by atoms with Crippen LogP contribution in [0, 0.1) is 18.8 Å². The maximum absolute atomic E-state index is 4.85. The van der Waals surface area contributed by atoms with Crippen LogP contribution in [0.3, 0.4) is 0 Å². The topological polar surface area (TPSA) is 49.8 Å². The highest BCUT2D eigenvalue weighted by molar-refractivity contribution is 5.51. The minimum absolute atomic E-state index is 0.441. The third kappa shape index (κ3) is 3.74. The van der Waals surface area contributed by atoms with Crippen LogP contribution in [0.1, 0.15) is 68.0 Å². The van der Waals surface area contributed by atoms with Gasteiger partial charge in [-0.1, -0.05) is 32.9 Å². The lowest BCUT2D eigenvalue weighted by Gasteiger charge is -2.34. The summed E-state index contributed by atoms with van der Waals surface area (Å²) in [5, 5.41) is 7.06. The number of hydrogen-bond acceptors (Lipinski definition) is 4. The summed E-state index contributed by atoms with van der Waals surface area (Å²) >= 11 is 0. The molecule has 150 valence electrons. The molecule has 4 heterocycles. The van der Waals surface area contributed by atoms with Crippen LogP contribution in [0.5, 0.6) is 0 Å². The second-order valence-corrected chi connectivity index (χ2v) is 9.20. The highest BCUT2D eigenvalue weighted by Gasteiger charge is 2.28. The van der Waals surface area contributed by atoms with Crippen molar-refractivity contribution in [2.24, 2.45) is 11.8 Å². The van der Waals surface area contributed by atoms with Crippen molar-refractivity contribution in [2.75, 3.05) is 17.2 Å². The summed E-state index contributed by atoms with van der Waals surface area (Å²) in [5.41, 5.74) is 6.63. The highest BCUT2D eigenvalue weighted by atomic mass is 15.0. The average Bonchev–Trinajstić information content (AvgIpc) is 2.66. The van der Waals surface area contributed by atoms with Crippen molar-refractivity contribution >= 4 is 11.6 Å². The molecule has 2 aliphatic rings. The van der Waals surface area contributed by atoms with Crippen LogP contribution in [0.4, 0.5) is 11.6 Å². The number of rotatable bonds is 4. The van der Waals surface area contributed by atoms with Crippen molar-refractivity contribution in [1.29, 1.82) is 0 Å². The summed E-state index contributed by atoms with van der Waals surface area (Å²) < 4.78 is 0. The molecule has 4 rings (SSSR count). The van der Waals surface area contributed by atoms with E-state index in [0.29, 0.717) is 23.8 Å². The molecule has 0 saturated heterocycles. The molecule has 0 saturated carbocycles. The van der Waals surface area contributed by atoms with Gasteiger partial charge in [0.15, 0.2) is 0 Å². The van der Waals surface area contributed by atoms with E-state index in [0.717, 1.165) is 43.1 Å². The normalized spacial score (nSPS) is 22.1. The van der Waals surface area contributed by atoms with Gasteiger partial charge in [0.05, 0.1) is 0 Å². The molecular formula is C24H34N4. The average molecular weight is 379 g/mol. The van der Waals surface area contributed by atoms with Crippen LogP contribution in [0.15, 0.2) is 18.3 Å². The first-order valence-electron chi connectivity index (χ1n) is 10.9. The Balaban J connectivity index is 1.54. The summed E-state index contributed by atoms with van der Waals surface area (Å²) in [6.45, 7) is 12.4. The zero-order valence-electron chi connectivity index (χ0n) is 18.0. The van der Waals surface area contributed by atoms with Crippen molar-refractivity contribution in [3.8, 4) is 0 Å². The Kier molecular flexibility index (Phi) is 5.31. The van der Waals surface area contributed by atoms with Gasteiger partial charge in [-0.05, 0) is 79.5 Å². The molecule has 0 bridgehead atoms. The summed E-state index contributed by atoms with van der Waals surface area (Å²) in [5.74, 6) is 3.96. The molecule has 0 aliphatic carbocycles. The van der Waals surface area contributed by atoms with E-state index in [4.69, 9.17) is 9.97 Å². The Morgan fingerprint density at radius 3 is 2.75 bits per heavy atom. The fourth-order valence-corrected chi connectivity index (χ4v) is 4.98. The Bertz CT molecular complexity index is 858. The Morgan fingerprint density at radius 2 is 1.96 bits per heavy atom. The number of aryl methyl sites for hydroxylation is 2. The van der Waals surface area contributed by atoms with E-state index in [1.165, 1.54) is 28.7 Å². The predicted molar refractivity (Wildman–Crippen MR) is 117 cm³/mol. The molecule has 0 spiro atoms. The third-order valence-electron chi connectivity index (χ3n) is 6.66. The standard InChI is InChI=1S/C24H34N4/c1-14(2)21-12-20-10-18(13-26-24(20)27-16(21)4)9-15(3)22-11-19-7-6-8-25-23(19)28-17(22)5/h10-11,13-16,21H,6-9,12H2,1-5H3,(H,25,28)(H,26,27)/t15-,16?,21?/m0/s1. The van der Waals surface area contributed by atoms with Gasteiger partial charge in [0.25, 0.3) is 0 Å². The Hall–Kier alpha value is -2.10. The maximum atomic E-state index is 4.85. The van der Waals surface area contributed by atoms with Gasteiger partial charge >= 0.3 is 0 Å². The number of fused-ring (bicyclic) bond motifs is 2. The van der Waals surface area contributed by atoms with Crippen molar-refractivity contribution in [3.05, 3.63) is 46.3 Å². The molecule has 4 nitrogen and oxygen atoms in total. The molecule has 0 aromatic carbocycles. The van der Waals surface area contributed by atoms with Crippen LogP contribution < -0.4 is 10.6 Å². The third-order valence-corrected chi connectivity index (χ3v) is 6.66. The SMILES string of the molecule is Cc1nc2c(cc1[C@@H](C)Cc1cnc3c(c1)CC(C(C)C)C(C)N3)CCCN2. The van der Waals surface area contributed by atoms with Crippen LogP contribution in [-0.2, 0) is 19.3 Å². The summed E-state index contributed by atoms with van der Waals surface area (Å²) in [6.07, 6.45) is 6.53. The number of nitrogens with one attached hydrogen (secondary N) is 2. The molecule has 0 radical (unpaired) electrons. The Morgan fingerprint density at radius 1 is 1.14 bits per heavy atom. The summed E-state index contributed by atoms with van der Waals surface area (Å²) in [4.78, 5) is 9.61. The molecule has 3 atom stereocenters. The number of aromatic nitrogens is 2. The number of hydrogen-bond donors (Lipinski definition) is 2. The first kappa shape index (κ1) is 19.2. The zero-order chi connectivity index (χ0) is 19.8. The first-order valence-corrected chi connectivity index (χ1v) is 10.9. The monoisotopic (exact) mass is 378 g/mol. The zero-order valence-corrected chi connectivity index (χ0v) is 18.0. The van der Waals surface area contributed by atoms with Gasteiger partial charge in [-0.2, -0.15) is 0 Å². The fraction of sp³-hybridized carbons (Fsp3) is 0.583. The van der Waals surface area contributed by atoms with Gasteiger partial charge in [-0.15, -0.1) is 0 Å². The molecular weight excluding hydrogens is 344 g/mol. The van der Waals surface area contributed by atoms with E-state index >= 15 is 0 Å². The van der Waals surface area contributed by atoms with E-state index in [-0.39, 0.29) is 0 Å². The predicted octanol–water partition coefficient (Wildman–Crippen LogP) is 5.12. The summed E-state index contributed by atoms with van der Waals surface area (Å²) in [6, 6.07) is 5.26. The number of nitrogens with zero attached hydrogens (tertiary/aromatic N) is 2. The molecule has 2 aliphatic heterocycles. The van der Waals surface area contributed by atoms with Crippen LogP contribution in [0.25, 0.3) is 0 Å². The molecule has 28 heavy (non-hydrogen) atoms. The molecule has 4 heteroatoms. The van der Waals surface area contributed by atoms with Gasteiger partial charge in [0.1, 0.15) is 11.6 Å². The van der Waals surface area contributed by atoms with Gasteiger partial charge < -0.3 is 10.6 Å². The van der Waals surface area contributed by atoms with E-state index < -0.39 is 0 Å². The number of anilines is 2. The van der Waals surface area contributed by atoms with E-state index in [9.17, 15) is 0 Å². The fourth-order valence-electron chi connectivity index (χ4n) is 4.98. The quantitative estimate of drug-likeness (QED) is 0.775. The lowest BCUT2D eigenvalue weighted by atomic mass is 9.81. The maximum Gasteiger partial charge on any atom is 0.129 e. The van der Waals surface area contributed by atoms with Gasteiger partial charge in [-0.3, -0.25) is 0 Å². The van der Waals surface area contributed by atoms with E-state index in [2.05, 4.69) is 63.6 Å². The molecule has 2 aromatic heterocycles. The van der Waals surface area contributed by atoms with Crippen molar-refractivity contribution in [2.45, 2.75) is 72.3 Å². The smallest absolute Gasteiger partial charge is 0.129 e. The second-order valence-electron chi connectivity index (χ2n) is 9.20. The largest absolute Gasteiger partial charge is 0.370 e.